The molecule has 4 rings (SSSR count). The summed E-state index contributed by atoms with van der Waals surface area (Å²) in [6.45, 7) is 1.50. The average molecular weight is 461 g/mol. The molecule has 0 saturated heterocycles. The van der Waals surface area contributed by atoms with Gasteiger partial charge in [0.25, 0.3) is 0 Å². The summed E-state index contributed by atoms with van der Waals surface area (Å²) < 4.78 is 0. The molecule has 2 aromatic carbocycles. The van der Waals surface area contributed by atoms with Gasteiger partial charge in [-0.1, -0.05) is 61.4 Å². The Morgan fingerprint density at radius 3 is 2.42 bits per heavy atom. The lowest BCUT2D eigenvalue weighted by atomic mass is 10.0. The summed E-state index contributed by atoms with van der Waals surface area (Å²) in [5.41, 5.74) is 1.78. The average Bonchev–Trinajstić information content (AvgIpc) is 3.52. The number of thiophene rings is 1. The van der Waals surface area contributed by atoms with Gasteiger partial charge in [-0.2, -0.15) is 0 Å². The number of ketones is 1. The molecule has 1 saturated carbocycles. The molecule has 1 atom stereocenters. The van der Waals surface area contributed by atoms with Crippen molar-refractivity contribution in [2.24, 2.45) is 0 Å². The quantitative estimate of drug-likeness (QED) is 0.462. The first-order chi connectivity index (χ1) is 16.0. The zero-order chi connectivity index (χ0) is 23.2. The van der Waals surface area contributed by atoms with E-state index in [9.17, 15) is 14.4 Å². The Bertz CT molecular complexity index is 1110. The lowest BCUT2D eigenvalue weighted by Gasteiger charge is -2.32. The minimum Gasteiger partial charge on any atom is -0.351 e. The SMILES string of the molecule is CC(=O)c1cccc(N(C(=O)Cc2cccs2)[C@H](C(=O)NC2CCCC2)c2ccccc2)c1. The van der Waals surface area contributed by atoms with Crippen molar-refractivity contribution >= 4 is 34.6 Å². The highest BCUT2D eigenvalue weighted by atomic mass is 32.1. The van der Waals surface area contributed by atoms with Gasteiger partial charge in [-0.25, -0.2) is 0 Å². The topological polar surface area (TPSA) is 66.5 Å². The number of rotatable bonds is 8. The van der Waals surface area contributed by atoms with Crippen molar-refractivity contribution in [2.75, 3.05) is 4.90 Å². The molecule has 1 N–H and O–H groups in total. The Labute approximate surface area is 198 Å². The fourth-order valence-electron chi connectivity index (χ4n) is 4.36. The molecule has 0 radical (unpaired) electrons. The van der Waals surface area contributed by atoms with E-state index in [1.165, 1.54) is 18.3 Å². The second-order valence-electron chi connectivity index (χ2n) is 8.43. The number of anilines is 1. The Balaban J connectivity index is 1.77. The first-order valence-electron chi connectivity index (χ1n) is 11.3. The van der Waals surface area contributed by atoms with E-state index in [0.29, 0.717) is 11.3 Å². The second-order valence-corrected chi connectivity index (χ2v) is 9.46. The van der Waals surface area contributed by atoms with Gasteiger partial charge in [0.1, 0.15) is 6.04 Å². The van der Waals surface area contributed by atoms with Gasteiger partial charge in [0.15, 0.2) is 5.78 Å². The molecule has 1 fully saturated rings. The molecule has 1 aliphatic rings. The molecule has 1 aromatic heterocycles. The third-order valence-corrected chi connectivity index (χ3v) is 6.90. The summed E-state index contributed by atoms with van der Waals surface area (Å²) in [6, 6.07) is 19.5. The summed E-state index contributed by atoms with van der Waals surface area (Å²) in [5, 5.41) is 5.12. The molecule has 0 bridgehead atoms. The Morgan fingerprint density at radius 2 is 1.76 bits per heavy atom. The first kappa shape index (κ1) is 22.9. The summed E-state index contributed by atoms with van der Waals surface area (Å²) >= 11 is 1.51. The van der Waals surface area contributed by atoms with Crippen LogP contribution in [-0.4, -0.2) is 23.6 Å². The van der Waals surface area contributed by atoms with Gasteiger partial charge < -0.3 is 5.32 Å². The molecule has 0 spiro atoms. The van der Waals surface area contributed by atoms with Crippen LogP contribution in [-0.2, 0) is 16.0 Å². The van der Waals surface area contributed by atoms with Gasteiger partial charge in [-0.3, -0.25) is 19.3 Å². The molecular formula is C27H28N2O3S. The van der Waals surface area contributed by atoms with Gasteiger partial charge in [0.05, 0.1) is 6.42 Å². The molecule has 0 aliphatic heterocycles. The number of nitrogens with zero attached hydrogens (tertiary/aromatic N) is 1. The van der Waals surface area contributed by atoms with E-state index in [4.69, 9.17) is 0 Å². The number of Topliss-reactive ketones (excluding diaryl/α,β-unsaturated/α-hetero) is 1. The van der Waals surface area contributed by atoms with Crippen LogP contribution in [0, 0.1) is 0 Å². The van der Waals surface area contributed by atoms with E-state index in [1.807, 2.05) is 47.8 Å². The maximum absolute atomic E-state index is 13.7. The van der Waals surface area contributed by atoms with Crippen molar-refractivity contribution in [3.8, 4) is 0 Å². The van der Waals surface area contributed by atoms with E-state index in [-0.39, 0.29) is 30.1 Å². The van der Waals surface area contributed by atoms with Crippen LogP contribution in [0.1, 0.15) is 59.4 Å². The molecule has 5 nitrogen and oxygen atoms in total. The van der Waals surface area contributed by atoms with Crippen LogP contribution in [0.15, 0.2) is 72.1 Å². The molecule has 170 valence electrons. The highest BCUT2D eigenvalue weighted by Gasteiger charge is 2.34. The van der Waals surface area contributed by atoms with E-state index in [2.05, 4.69) is 5.32 Å². The monoisotopic (exact) mass is 460 g/mol. The summed E-state index contributed by atoms with van der Waals surface area (Å²) in [5.74, 6) is -0.469. The van der Waals surface area contributed by atoms with Crippen LogP contribution < -0.4 is 10.2 Å². The standard InChI is InChI=1S/C27H28N2O3S/c1-19(30)21-11-7-14-23(17-21)29(25(31)18-24-15-8-16-33-24)26(20-9-3-2-4-10-20)27(32)28-22-12-5-6-13-22/h2-4,7-11,14-17,22,26H,5-6,12-13,18H2,1H3,(H,28,32)/t26-/m0/s1. The molecule has 33 heavy (non-hydrogen) atoms. The third kappa shape index (κ3) is 5.57. The molecule has 1 aliphatic carbocycles. The largest absolute Gasteiger partial charge is 0.351 e. The second kappa shape index (κ2) is 10.6. The van der Waals surface area contributed by atoms with Gasteiger partial charge >= 0.3 is 0 Å². The Morgan fingerprint density at radius 1 is 1.00 bits per heavy atom. The Kier molecular flexibility index (Phi) is 7.35. The smallest absolute Gasteiger partial charge is 0.248 e. The molecule has 1 heterocycles. The predicted octanol–water partition coefficient (Wildman–Crippen LogP) is 5.33. The van der Waals surface area contributed by atoms with Crippen molar-refractivity contribution in [1.29, 1.82) is 0 Å². The van der Waals surface area contributed by atoms with E-state index in [1.54, 1.807) is 29.2 Å². The number of hydrogen-bond acceptors (Lipinski definition) is 4. The number of nitrogens with one attached hydrogen (secondary N) is 1. The highest BCUT2D eigenvalue weighted by Crippen LogP contribution is 2.31. The third-order valence-electron chi connectivity index (χ3n) is 6.03. The molecular weight excluding hydrogens is 432 g/mol. The molecule has 6 heteroatoms. The van der Waals surface area contributed by atoms with Crippen LogP contribution in [0.2, 0.25) is 0 Å². The fraction of sp³-hybridized carbons (Fsp3) is 0.296. The number of carbonyl (C=O) groups excluding carboxylic acids is 3. The number of amides is 2. The molecule has 0 unspecified atom stereocenters. The van der Waals surface area contributed by atoms with Crippen LogP contribution >= 0.6 is 11.3 Å². The fourth-order valence-corrected chi connectivity index (χ4v) is 5.06. The van der Waals surface area contributed by atoms with E-state index < -0.39 is 6.04 Å². The van der Waals surface area contributed by atoms with Crippen molar-refractivity contribution < 1.29 is 14.4 Å². The minimum atomic E-state index is -0.832. The van der Waals surface area contributed by atoms with E-state index in [0.717, 1.165) is 36.1 Å². The van der Waals surface area contributed by atoms with Gasteiger partial charge in [-0.05, 0) is 48.9 Å². The summed E-state index contributed by atoms with van der Waals surface area (Å²) in [4.78, 5) is 41.9. The number of hydrogen-bond donors (Lipinski definition) is 1. The molecule has 3 aromatic rings. The Hall–Kier alpha value is -3.25. The zero-order valence-corrected chi connectivity index (χ0v) is 19.5. The van der Waals surface area contributed by atoms with Gasteiger partial charge in [0.2, 0.25) is 11.8 Å². The van der Waals surface area contributed by atoms with E-state index >= 15 is 0 Å². The maximum atomic E-state index is 13.7. The van der Waals surface area contributed by atoms with Crippen molar-refractivity contribution in [3.63, 3.8) is 0 Å². The van der Waals surface area contributed by atoms with Gasteiger partial charge in [-0.15, -0.1) is 11.3 Å². The van der Waals surface area contributed by atoms with Gasteiger partial charge in [0, 0.05) is 22.2 Å². The zero-order valence-electron chi connectivity index (χ0n) is 18.7. The number of benzene rings is 2. The van der Waals surface area contributed by atoms with Crippen molar-refractivity contribution in [1.82, 2.24) is 5.32 Å². The van der Waals surface area contributed by atoms with Crippen molar-refractivity contribution in [3.05, 3.63) is 88.1 Å². The normalized spacial score (nSPS) is 14.6. The van der Waals surface area contributed by atoms with Crippen LogP contribution in [0.4, 0.5) is 5.69 Å². The lowest BCUT2D eigenvalue weighted by molar-refractivity contribution is -0.127. The minimum absolute atomic E-state index is 0.0887. The molecule has 2 amide bonds. The summed E-state index contributed by atoms with van der Waals surface area (Å²) in [7, 11) is 0. The van der Waals surface area contributed by atoms with Crippen LogP contribution in [0.5, 0.6) is 0 Å². The van der Waals surface area contributed by atoms with Crippen LogP contribution in [0.3, 0.4) is 0 Å². The summed E-state index contributed by atoms with van der Waals surface area (Å²) in [6.07, 6.45) is 4.29. The van der Waals surface area contributed by atoms with Crippen LogP contribution in [0.25, 0.3) is 0 Å². The lowest BCUT2D eigenvalue weighted by Crippen LogP contribution is -2.46. The number of carbonyl (C=O) groups is 3. The highest BCUT2D eigenvalue weighted by molar-refractivity contribution is 7.10. The predicted molar refractivity (Wildman–Crippen MR) is 132 cm³/mol. The first-order valence-corrected chi connectivity index (χ1v) is 12.2. The van der Waals surface area contributed by atoms with Crippen molar-refractivity contribution in [2.45, 2.75) is 51.1 Å². The maximum Gasteiger partial charge on any atom is 0.248 e.